The van der Waals surface area contributed by atoms with Gasteiger partial charge in [-0.3, -0.25) is 19.7 Å². The molecular weight excluding hydrogens is 612 g/mol. The van der Waals surface area contributed by atoms with Crippen molar-refractivity contribution in [2.75, 3.05) is 61.5 Å². The molecule has 2 amide bonds. The van der Waals surface area contributed by atoms with E-state index in [-0.39, 0.29) is 22.3 Å². The first kappa shape index (κ1) is 30.9. The summed E-state index contributed by atoms with van der Waals surface area (Å²) in [7, 11) is 1.55. The smallest absolute Gasteiger partial charge is 0.294 e. The van der Waals surface area contributed by atoms with Gasteiger partial charge in [-0.25, -0.2) is 0 Å². The molecule has 3 heterocycles. The highest BCUT2D eigenvalue weighted by atomic mass is 35.5. The number of nitro groups is 1. The van der Waals surface area contributed by atoms with E-state index in [1.54, 1.807) is 37.1 Å². The molecule has 12 nitrogen and oxygen atoms in total. The summed E-state index contributed by atoms with van der Waals surface area (Å²) >= 11 is 6.55. The van der Waals surface area contributed by atoms with E-state index < -0.39 is 10.8 Å². The number of nitrogens with one attached hydrogen (secondary N) is 1. The zero-order chi connectivity index (χ0) is 32.4. The van der Waals surface area contributed by atoms with Crippen molar-refractivity contribution in [2.24, 2.45) is 0 Å². The van der Waals surface area contributed by atoms with Crippen molar-refractivity contribution in [3.63, 3.8) is 0 Å². The number of carbonyl (C=O) groups excluding carboxylic acids is 2. The number of aromatic nitrogens is 1. The second-order valence-corrected chi connectivity index (χ2v) is 11.6. The molecule has 0 aliphatic carbocycles. The van der Waals surface area contributed by atoms with Gasteiger partial charge in [-0.2, -0.15) is 0 Å². The molecule has 0 saturated carbocycles. The lowest BCUT2D eigenvalue weighted by molar-refractivity contribution is -0.383. The van der Waals surface area contributed by atoms with Crippen molar-refractivity contribution in [1.82, 2.24) is 10.1 Å². The Morgan fingerprint density at radius 2 is 1.67 bits per heavy atom. The van der Waals surface area contributed by atoms with Gasteiger partial charge >= 0.3 is 0 Å². The van der Waals surface area contributed by atoms with Gasteiger partial charge in [0.2, 0.25) is 0 Å². The largest absolute Gasteiger partial charge is 0.496 e. The number of amides is 2. The van der Waals surface area contributed by atoms with E-state index in [0.717, 1.165) is 31.6 Å². The van der Waals surface area contributed by atoms with Crippen LogP contribution in [0.5, 0.6) is 5.75 Å². The summed E-state index contributed by atoms with van der Waals surface area (Å²) in [4.78, 5) is 44.1. The van der Waals surface area contributed by atoms with E-state index in [4.69, 9.17) is 20.9 Å². The molecule has 0 unspecified atom stereocenters. The molecule has 1 aromatic heterocycles. The summed E-state index contributed by atoms with van der Waals surface area (Å²) in [6, 6.07) is 17.3. The van der Waals surface area contributed by atoms with Gasteiger partial charge in [-0.05, 0) is 62.2 Å². The lowest BCUT2D eigenvalue weighted by atomic mass is 10.0. The van der Waals surface area contributed by atoms with Gasteiger partial charge in [0.25, 0.3) is 17.5 Å². The van der Waals surface area contributed by atoms with Crippen LogP contribution in [0.3, 0.4) is 0 Å². The molecule has 0 bridgehead atoms. The van der Waals surface area contributed by atoms with Crippen LogP contribution in [-0.4, -0.2) is 73.2 Å². The maximum atomic E-state index is 13.7. The number of rotatable bonds is 8. The van der Waals surface area contributed by atoms with Crippen LogP contribution in [0.25, 0.3) is 11.3 Å². The van der Waals surface area contributed by atoms with Crippen LogP contribution < -0.4 is 19.9 Å². The molecule has 4 aromatic rings. The molecule has 238 valence electrons. The molecule has 1 N–H and O–H groups in total. The predicted molar refractivity (Wildman–Crippen MR) is 175 cm³/mol. The quantitative estimate of drug-likeness (QED) is 0.180. The van der Waals surface area contributed by atoms with Gasteiger partial charge in [0.1, 0.15) is 28.5 Å². The summed E-state index contributed by atoms with van der Waals surface area (Å²) in [5.41, 5.74) is 3.11. The number of nitrogens with zero attached hydrogens (tertiary/aromatic N) is 5. The first-order valence-corrected chi connectivity index (χ1v) is 15.4. The van der Waals surface area contributed by atoms with E-state index in [0.29, 0.717) is 65.8 Å². The van der Waals surface area contributed by atoms with E-state index in [2.05, 4.69) is 15.4 Å². The minimum atomic E-state index is -0.570. The van der Waals surface area contributed by atoms with E-state index in [1.807, 2.05) is 35.2 Å². The normalized spacial score (nSPS) is 14.8. The molecule has 6 rings (SSSR count). The van der Waals surface area contributed by atoms with Crippen LogP contribution in [0.2, 0.25) is 5.02 Å². The predicted octanol–water partition coefficient (Wildman–Crippen LogP) is 6.04. The number of anilines is 3. The Morgan fingerprint density at radius 1 is 0.978 bits per heavy atom. The van der Waals surface area contributed by atoms with Crippen molar-refractivity contribution >= 4 is 46.2 Å². The third kappa shape index (κ3) is 6.08. The van der Waals surface area contributed by atoms with Crippen molar-refractivity contribution in [1.29, 1.82) is 0 Å². The Bertz CT molecular complexity index is 1780. The maximum Gasteiger partial charge on any atom is 0.294 e. The van der Waals surface area contributed by atoms with Crippen molar-refractivity contribution in [3.8, 4) is 17.0 Å². The third-order valence-corrected chi connectivity index (χ3v) is 8.76. The number of hydrogen-bond acceptors (Lipinski definition) is 9. The number of ether oxygens (including phenoxy) is 1. The maximum absolute atomic E-state index is 13.7. The number of aryl methyl sites for hydroxylation is 1. The van der Waals surface area contributed by atoms with Crippen LogP contribution in [0, 0.1) is 17.0 Å². The van der Waals surface area contributed by atoms with Gasteiger partial charge in [0.15, 0.2) is 0 Å². The number of hydrogen-bond donors (Lipinski definition) is 1. The molecule has 2 aliphatic rings. The summed E-state index contributed by atoms with van der Waals surface area (Å²) < 4.78 is 10.9. The molecule has 2 fully saturated rings. The summed E-state index contributed by atoms with van der Waals surface area (Å²) in [6.45, 7) is 5.19. The summed E-state index contributed by atoms with van der Waals surface area (Å²) in [5.74, 6) is 0.287. The fraction of sp³-hybridized carbons (Fsp3) is 0.303. The van der Waals surface area contributed by atoms with Crippen molar-refractivity contribution in [2.45, 2.75) is 19.8 Å². The Labute approximate surface area is 270 Å². The van der Waals surface area contributed by atoms with Crippen LogP contribution >= 0.6 is 11.6 Å². The molecule has 3 aromatic carbocycles. The van der Waals surface area contributed by atoms with Gasteiger partial charge in [-0.15, -0.1) is 0 Å². The van der Waals surface area contributed by atoms with Gasteiger partial charge in [-0.1, -0.05) is 28.9 Å². The minimum absolute atomic E-state index is 0.0399. The summed E-state index contributed by atoms with van der Waals surface area (Å²) in [5, 5.41) is 19.0. The standard InChI is InChI=1S/C33H33ClN6O6/c1-21-30(31(36-46-21)24-7-3-4-8-29(24)45-2)33(42)39-17-15-38(16-18-39)27-20-26(28(40(43)44)19-25(27)34)35-32(41)22-9-11-23(12-10-22)37-13-5-6-14-37/h3-4,7-12,19-20H,5-6,13-18H2,1-2H3,(H,35,41). The zero-order valence-corrected chi connectivity index (χ0v) is 26.2. The number of piperazine rings is 1. The molecule has 13 heteroatoms. The Hall–Kier alpha value is -5.10. The van der Waals surface area contributed by atoms with Crippen LogP contribution in [-0.2, 0) is 0 Å². The second kappa shape index (κ2) is 13.1. The molecule has 2 aliphatic heterocycles. The number of carbonyl (C=O) groups is 2. The fourth-order valence-corrected chi connectivity index (χ4v) is 6.27. The highest BCUT2D eigenvalue weighted by Gasteiger charge is 2.31. The van der Waals surface area contributed by atoms with Crippen molar-refractivity contribution in [3.05, 3.63) is 92.7 Å². The van der Waals surface area contributed by atoms with Crippen LogP contribution in [0.15, 0.2) is 65.2 Å². The zero-order valence-electron chi connectivity index (χ0n) is 25.5. The van der Waals surface area contributed by atoms with Gasteiger partial charge < -0.3 is 29.3 Å². The van der Waals surface area contributed by atoms with E-state index >= 15 is 0 Å². The summed E-state index contributed by atoms with van der Waals surface area (Å²) in [6.07, 6.45) is 2.28. The van der Waals surface area contributed by atoms with E-state index in [9.17, 15) is 19.7 Å². The highest BCUT2D eigenvalue weighted by molar-refractivity contribution is 6.33. The fourth-order valence-electron chi connectivity index (χ4n) is 5.99. The van der Waals surface area contributed by atoms with Crippen molar-refractivity contribution < 1.29 is 23.8 Å². The number of benzene rings is 3. The first-order chi connectivity index (χ1) is 22.2. The Kier molecular flexibility index (Phi) is 8.80. The van der Waals surface area contributed by atoms with Gasteiger partial charge in [0.05, 0.1) is 22.7 Å². The number of halogens is 1. The molecule has 46 heavy (non-hydrogen) atoms. The number of para-hydroxylation sites is 1. The van der Waals surface area contributed by atoms with Gasteiger partial charge in [0, 0.05) is 62.1 Å². The first-order valence-electron chi connectivity index (χ1n) is 15.0. The van der Waals surface area contributed by atoms with Crippen LogP contribution in [0.4, 0.5) is 22.7 Å². The average Bonchev–Trinajstić information content (AvgIpc) is 3.75. The minimum Gasteiger partial charge on any atom is -0.496 e. The lowest BCUT2D eigenvalue weighted by Gasteiger charge is -2.36. The highest BCUT2D eigenvalue weighted by Crippen LogP contribution is 2.38. The SMILES string of the molecule is COc1ccccc1-c1noc(C)c1C(=O)N1CCN(c2cc(NC(=O)c3ccc(N4CCCC4)cc3)c([N+](=O)[O-])cc2Cl)CC1. The second-order valence-electron chi connectivity index (χ2n) is 11.2. The Morgan fingerprint density at radius 3 is 2.35 bits per heavy atom. The Balaban J connectivity index is 1.18. The van der Waals surface area contributed by atoms with Crippen LogP contribution in [0.1, 0.15) is 39.3 Å². The lowest BCUT2D eigenvalue weighted by Crippen LogP contribution is -2.49. The average molecular weight is 645 g/mol. The number of nitro benzene ring substituents is 1. The molecule has 0 atom stereocenters. The molecule has 2 saturated heterocycles. The number of methoxy groups -OCH3 is 1. The molecule has 0 spiro atoms. The monoisotopic (exact) mass is 644 g/mol. The molecule has 0 radical (unpaired) electrons. The third-order valence-electron chi connectivity index (χ3n) is 8.46. The van der Waals surface area contributed by atoms with E-state index in [1.165, 1.54) is 12.1 Å². The molecular formula is C33H33ClN6O6. The topological polar surface area (TPSA) is 134 Å².